The summed E-state index contributed by atoms with van der Waals surface area (Å²) < 4.78 is 23.1. The van der Waals surface area contributed by atoms with E-state index in [1.807, 2.05) is 6.92 Å². The Morgan fingerprint density at radius 1 is 1.39 bits per heavy atom. The average Bonchev–Trinajstić information content (AvgIpc) is 2.32. The molecule has 0 aromatic heterocycles. The fraction of sp³-hybridized carbons (Fsp3) is 1.00. The second-order valence-electron chi connectivity index (χ2n) is 5.91. The van der Waals surface area contributed by atoms with Gasteiger partial charge in [-0.2, -0.15) is 0 Å². The molecule has 2 heterocycles. The van der Waals surface area contributed by atoms with Crippen LogP contribution in [-0.4, -0.2) is 56.5 Å². The molecule has 0 spiro atoms. The molecule has 2 rings (SSSR count). The fourth-order valence-corrected chi connectivity index (χ4v) is 4.82. The van der Waals surface area contributed by atoms with Gasteiger partial charge in [0.25, 0.3) is 0 Å². The van der Waals surface area contributed by atoms with Crippen molar-refractivity contribution >= 4 is 9.84 Å². The highest BCUT2D eigenvalue weighted by atomic mass is 32.2. The first kappa shape index (κ1) is 14.3. The van der Waals surface area contributed by atoms with E-state index in [-0.39, 0.29) is 6.04 Å². The lowest BCUT2D eigenvalue weighted by atomic mass is 9.90. The minimum absolute atomic E-state index is 0.174. The third-order valence-corrected chi connectivity index (χ3v) is 6.24. The number of nitrogens with zero attached hydrogens (tertiary/aromatic N) is 1. The summed E-state index contributed by atoms with van der Waals surface area (Å²) in [6.07, 6.45) is 3.80. The van der Waals surface area contributed by atoms with Crippen molar-refractivity contribution < 1.29 is 8.42 Å². The van der Waals surface area contributed by atoms with Crippen LogP contribution in [0.25, 0.3) is 0 Å². The largest absolute Gasteiger partial charge is 0.313 e. The van der Waals surface area contributed by atoms with E-state index in [1.165, 1.54) is 19.3 Å². The summed E-state index contributed by atoms with van der Waals surface area (Å²) in [6, 6.07) is 0.722. The summed E-state index contributed by atoms with van der Waals surface area (Å²) in [5.74, 6) is 1.51. The molecule has 2 aliphatic rings. The van der Waals surface area contributed by atoms with Crippen molar-refractivity contribution in [3.05, 3.63) is 0 Å². The summed E-state index contributed by atoms with van der Waals surface area (Å²) in [4.78, 5) is 2.34. The van der Waals surface area contributed by atoms with Crippen molar-refractivity contribution in [2.75, 3.05) is 31.1 Å². The van der Waals surface area contributed by atoms with Gasteiger partial charge in [-0.05, 0) is 32.2 Å². The summed E-state index contributed by atoms with van der Waals surface area (Å²) in [5, 5.41) is 3.58. The van der Waals surface area contributed by atoms with Gasteiger partial charge in [0.1, 0.15) is 0 Å². The van der Waals surface area contributed by atoms with E-state index in [0.29, 0.717) is 24.1 Å². The van der Waals surface area contributed by atoms with Crippen LogP contribution in [0.15, 0.2) is 0 Å². The lowest BCUT2D eigenvalue weighted by Gasteiger charge is -2.38. The molecule has 3 atom stereocenters. The molecular formula is C13H26N2O2S. The molecule has 0 radical (unpaired) electrons. The van der Waals surface area contributed by atoms with E-state index in [1.54, 1.807) is 0 Å². The van der Waals surface area contributed by atoms with Gasteiger partial charge in [-0.3, -0.25) is 4.90 Å². The molecule has 0 amide bonds. The maximum atomic E-state index is 11.6. The zero-order chi connectivity index (χ0) is 13.2. The molecule has 0 aromatic carbocycles. The molecule has 0 aromatic rings. The molecular weight excluding hydrogens is 248 g/mol. The second kappa shape index (κ2) is 5.88. The Morgan fingerprint density at radius 2 is 2.17 bits per heavy atom. The van der Waals surface area contributed by atoms with Gasteiger partial charge in [-0.25, -0.2) is 8.42 Å². The monoisotopic (exact) mass is 274 g/mol. The van der Waals surface area contributed by atoms with Crippen LogP contribution in [0, 0.1) is 5.92 Å². The lowest BCUT2D eigenvalue weighted by Crippen LogP contribution is -2.53. The van der Waals surface area contributed by atoms with E-state index in [0.717, 1.165) is 19.0 Å². The number of hydrogen-bond acceptors (Lipinski definition) is 4. The SMILES string of the molecule is CCC1CCNC(CN2CCS(=O)(=O)CC2C)C1. The normalized spacial score (nSPS) is 37.6. The predicted octanol–water partition coefficient (Wildman–Crippen LogP) is 0.884. The van der Waals surface area contributed by atoms with Gasteiger partial charge in [-0.1, -0.05) is 13.3 Å². The highest BCUT2D eigenvalue weighted by Gasteiger charge is 2.30. The lowest BCUT2D eigenvalue weighted by molar-refractivity contribution is 0.172. The van der Waals surface area contributed by atoms with Crippen LogP contribution in [0.3, 0.4) is 0 Å². The van der Waals surface area contributed by atoms with Crippen LogP contribution < -0.4 is 5.32 Å². The highest BCUT2D eigenvalue weighted by molar-refractivity contribution is 7.91. The topological polar surface area (TPSA) is 49.4 Å². The molecule has 106 valence electrons. The van der Waals surface area contributed by atoms with Crippen molar-refractivity contribution in [2.45, 2.75) is 45.2 Å². The number of rotatable bonds is 3. The summed E-state index contributed by atoms with van der Waals surface area (Å²) in [7, 11) is -2.78. The number of hydrogen-bond donors (Lipinski definition) is 1. The van der Waals surface area contributed by atoms with E-state index < -0.39 is 9.84 Å². The third kappa shape index (κ3) is 3.68. The number of piperidine rings is 1. The Kier molecular flexibility index (Phi) is 4.67. The number of nitrogens with one attached hydrogen (secondary N) is 1. The summed E-state index contributed by atoms with van der Waals surface area (Å²) in [5.41, 5.74) is 0. The first-order chi connectivity index (χ1) is 8.50. The first-order valence-corrected chi connectivity index (χ1v) is 9.00. The van der Waals surface area contributed by atoms with E-state index in [2.05, 4.69) is 17.1 Å². The van der Waals surface area contributed by atoms with Gasteiger partial charge in [0, 0.05) is 25.2 Å². The van der Waals surface area contributed by atoms with Crippen molar-refractivity contribution in [1.29, 1.82) is 0 Å². The molecule has 4 nitrogen and oxygen atoms in total. The summed E-state index contributed by atoms with van der Waals surface area (Å²) >= 11 is 0. The zero-order valence-corrected chi connectivity index (χ0v) is 12.4. The molecule has 0 bridgehead atoms. The van der Waals surface area contributed by atoms with Crippen molar-refractivity contribution in [1.82, 2.24) is 10.2 Å². The maximum Gasteiger partial charge on any atom is 0.153 e. The fourth-order valence-electron chi connectivity index (χ4n) is 3.19. The molecule has 2 aliphatic heterocycles. The minimum atomic E-state index is -2.78. The molecule has 5 heteroatoms. The standard InChI is InChI=1S/C13H26N2O2S/c1-3-12-4-5-14-13(8-12)9-15-6-7-18(16,17)10-11(15)2/h11-14H,3-10H2,1-2H3. The highest BCUT2D eigenvalue weighted by Crippen LogP contribution is 2.21. The first-order valence-electron chi connectivity index (χ1n) is 7.18. The zero-order valence-electron chi connectivity index (χ0n) is 11.6. The van der Waals surface area contributed by atoms with Gasteiger partial charge in [0.15, 0.2) is 9.84 Å². The van der Waals surface area contributed by atoms with E-state index in [9.17, 15) is 8.42 Å². The van der Waals surface area contributed by atoms with Crippen LogP contribution in [0.4, 0.5) is 0 Å². The van der Waals surface area contributed by atoms with Crippen molar-refractivity contribution in [3.63, 3.8) is 0 Å². The van der Waals surface area contributed by atoms with Gasteiger partial charge in [0.2, 0.25) is 0 Å². The quantitative estimate of drug-likeness (QED) is 0.830. The average molecular weight is 274 g/mol. The van der Waals surface area contributed by atoms with Gasteiger partial charge in [0.05, 0.1) is 11.5 Å². The molecule has 2 saturated heterocycles. The maximum absolute atomic E-state index is 11.6. The molecule has 2 fully saturated rings. The molecule has 1 N–H and O–H groups in total. The third-order valence-electron chi connectivity index (χ3n) is 4.44. The van der Waals surface area contributed by atoms with Crippen LogP contribution in [0.1, 0.15) is 33.1 Å². The van der Waals surface area contributed by atoms with Crippen LogP contribution in [0.5, 0.6) is 0 Å². The van der Waals surface area contributed by atoms with Crippen LogP contribution in [-0.2, 0) is 9.84 Å². The predicted molar refractivity (Wildman–Crippen MR) is 74.5 cm³/mol. The molecule has 3 unspecified atom stereocenters. The Hall–Kier alpha value is -0.130. The van der Waals surface area contributed by atoms with Crippen molar-refractivity contribution in [3.8, 4) is 0 Å². The Balaban J connectivity index is 1.86. The molecule has 0 aliphatic carbocycles. The van der Waals surface area contributed by atoms with Crippen LogP contribution >= 0.6 is 0 Å². The van der Waals surface area contributed by atoms with Gasteiger partial charge < -0.3 is 5.32 Å². The van der Waals surface area contributed by atoms with Gasteiger partial charge in [-0.15, -0.1) is 0 Å². The van der Waals surface area contributed by atoms with E-state index in [4.69, 9.17) is 0 Å². The number of sulfone groups is 1. The Bertz CT molecular complexity index is 369. The Labute approximate surface area is 111 Å². The summed E-state index contributed by atoms with van der Waals surface area (Å²) in [6.45, 7) is 7.13. The van der Waals surface area contributed by atoms with Crippen LogP contribution in [0.2, 0.25) is 0 Å². The van der Waals surface area contributed by atoms with E-state index >= 15 is 0 Å². The second-order valence-corrected chi connectivity index (χ2v) is 8.14. The van der Waals surface area contributed by atoms with Gasteiger partial charge >= 0.3 is 0 Å². The smallest absolute Gasteiger partial charge is 0.153 e. The Morgan fingerprint density at radius 3 is 2.83 bits per heavy atom. The minimum Gasteiger partial charge on any atom is -0.313 e. The van der Waals surface area contributed by atoms with Crippen molar-refractivity contribution in [2.24, 2.45) is 5.92 Å². The molecule has 18 heavy (non-hydrogen) atoms. The molecule has 0 saturated carbocycles.